The van der Waals surface area contributed by atoms with Crippen molar-refractivity contribution in [2.24, 2.45) is 0 Å². The highest BCUT2D eigenvalue weighted by Gasteiger charge is 2.05. The number of hydrogen-bond acceptors (Lipinski definition) is 6. The first-order chi connectivity index (χ1) is 14.4. The number of carbonyl (C=O) groups is 4. The maximum Gasteiger partial charge on any atom is 0.305 e. The number of unbranched alkanes of at least 4 members (excludes halogenated alkanes) is 9. The Balaban J connectivity index is 3.31. The lowest BCUT2D eigenvalue weighted by Gasteiger charge is -2.06. The second-order valence-corrected chi connectivity index (χ2v) is 7.47. The van der Waals surface area contributed by atoms with Crippen molar-refractivity contribution in [3.05, 3.63) is 0 Å². The number of carboxylic acids is 2. The lowest BCUT2D eigenvalue weighted by atomic mass is 10.1. The predicted molar refractivity (Wildman–Crippen MR) is 111 cm³/mol. The summed E-state index contributed by atoms with van der Waals surface area (Å²) >= 11 is 0. The molecule has 0 heterocycles. The zero-order valence-electron chi connectivity index (χ0n) is 18.1. The van der Waals surface area contributed by atoms with Crippen LogP contribution in [0.4, 0.5) is 0 Å². The van der Waals surface area contributed by atoms with Gasteiger partial charge in [0.15, 0.2) is 0 Å². The summed E-state index contributed by atoms with van der Waals surface area (Å²) in [5.74, 6) is -1.97. The fourth-order valence-corrected chi connectivity index (χ4v) is 2.87. The molecule has 8 nitrogen and oxygen atoms in total. The summed E-state index contributed by atoms with van der Waals surface area (Å²) in [6, 6.07) is 0. The molecular weight excluding hydrogens is 392 g/mol. The molecule has 8 heteroatoms. The predicted octanol–water partition coefficient (Wildman–Crippen LogP) is 4.48. The van der Waals surface area contributed by atoms with Crippen LogP contribution in [0.1, 0.15) is 103 Å². The van der Waals surface area contributed by atoms with Crippen molar-refractivity contribution in [1.29, 1.82) is 0 Å². The van der Waals surface area contributed by atoms with Crippen molar-refractivity contribution < 1.29 is 38.9 Å². The van der Waals surface area contributed by atoms with Crippen molar-refractivity contribution >= 4 is 23.9 Å². The Hall–Kier alpha value is -2.12. The van der Waals surface area contributed by atoms with E-state index in [1.165, 1.54) is 0 Å². The Labute approximate surface area is 179 Å². The molecule has 174 valence electrons. The summed E-state index contributed by atoms with van der Waals surface area (Å²) < 4.78 is 10.3. The lowest BCUT2D eigenvalue weighted by molar-refractivity contribution is -0.145. The van der Waals surface area contributed by atoms with E-state index in [2.05, 4.69) is 0 Å². The van der Waals surface area contributed by atoms with Gasteiger partial charge in [0.1, 0.15) is 0 Å². The topological polar surface area (TPSA) is 127 Å². The summed E-state index contributed by atoms with van der Waals surface area (Å²) in [7, 11) is 0. The minimum absolute atomic E-state index is 0.180. The minimum atomic E-state index is -0.783. The lowest BCUT2D eigenvalue weighted by Crippen LogP contribution is -2.07. The van der Waals surface area contributed by atoms with Gasteiger partial charge in [-0.1, -0.05) is 25.7 Å². The van der Waals surface area contributed by atoms with Gasteiger partial charge in [-0.25, -0.2) is 0 Å². The third-order valence-corrected chi connectivity index (χ3v) is 4.61. The van der Waals surface area contributed by atoms with E-state index in [0.29, 0.717) is 38.9 Å². The summed E-state index contributed by atoms with van der Waals surface area (Å²) in [6.45, 7) is 0.805. The van der Waals surface area contributed by atoms with E-state index in [1.54, 1.807) is 0 Å². The van der Waals surface area contributed by atoms with Crippen molar-refractivity contribution in [3.8, 4) is 0 Å². The third kappa shape index (κ3) is 22.2. The summed E-state index contributed by atoms with van der Waals surface area (Å²) in [5, 5.41) is 17.1. The van der Waals surface area contributed by atoms with Crippen LogP contribution in [0, 0.1) is 0 Å². The second-order valence-electron chi connectivity index (χ2n) is 7.47. The molecule has 0 radical (unpaired) electrons. The Morgan fingerprint density at radius 3 is 1.07 bits per heavy atom. The molecule has 0 unspecified atom stereocenters. The maximum atomic E-state index is 11.6. The van der Waals surface area contributed by atoms with Crippen LogP contribution in [0.3, 0.4) is 0 Å². The van der Waals surface area contributed by atoms with Crippen LogP contribution in [-0.4, -0.2) is 47.3 Å². The molecule has 0 spiro atoms. The minimum Gasteiger partial charge on any atom is -0.481 e. The van der Waals surface area contributed by atoms with Gasteiger partial charge in [-0.2, -0.15) is 0 Å². The zero-order chi connectivity index (χ0) is 22.5. The largest absolute Gasteiger partial charge is 0.481 e. The number of hydrogen-bond donors (Lipinski definition) is 2. The molecule has 0 aliphatic rings. The normalized spacial score (nSPS) is 10.5. The van der Waals surface area contributed by atoms with Crippen LogP contribution in [0.15, 0.2) is 0 Å². The van der Waals surface area contributed by atoms with E-state index < -0.39 is 11.9 Å². The van der Waals surface area contributed by atoms with Gasteiger partial charge in [0.25, 0.3) is 0 Å². The van der Waals surface area contributed by atoms with Gasteiger partial charge in [-0.15, -0.1) is 0 Å². The van der Waals surface area contributed by atoms with Crippen LogP contribution in [0.2, 0.25) is 0 Å². The van der Waals surface area contributed by atoms with E-state index in [4.69, 9.17) is 19.7 Å². The highest BCUT2D eigenvalue weighted by molar-refractivity contribution is 5.69. The number of ether oxygens (including phenoxy) is 2. The molecule has 0 saturated heterocycles. The van der Waals surface area contributed by atoms with Gasteiger partial charge >= 0.3 is 23.9 Å². The van der Waals surface area contributed by atoms with Gasteiger partial charge in [0.2, 0.25) is 0 Å². The van der Waals surface area contributed by atoms with E-state index >= 15 is 0 Å². The molecule has 0 amide bonds. The molecule has 0 aromatic carbocycles. The molecule has 2 N–H and O–H groups in total. The van der Waals surface area contributed by atoms with Crippen LogP contribution in [-0.2, 0) is 28.7 Å². The molecule has 0 atom stereocenters. The van der Waals surface area contributed by atoms with E-state index in [1.807, 2.05) is 0 Å². The average Bonchev–Trinajstić information content (AvgIpc) is 2.68. The van der Waals surface area contributed by atoms with Gasteiger partial charge in [-0.05, 0) is 51.4 Å². The standard InChI is InChI=1S/C22H38O8/c23-19(24)13-7-1-3-9-15-21(27)29-17-11-5-6-12-18-30-22(28)16-10-4-2-8-14-20(25)26/h1-18H2,(H,23,24)(H,25,26). The summed E-state index contributed by atoms with van der Waals surface area (Å²) in [6.07, 6.45) is 10.6. The zero-order valence-corrected chi connectivity index (χ0v) is 18.1. The first kappa shape index (κ1) is 27.9. The molecule has 0 saturated carbocycles. The van der Waals surface area contributed by atoms with Gasteiger partial charge in [0.05, 0.1) is 13.2 Å². The maximum absolute atomic E-state index is 11.6. The second kappa shape index (κ2) is 20.2. The van der Waals surface area contributed by atoms with Crippen molar-refractivity contribution in [3.63, 3.8) is 0 Å². The molecule has 0 aromatic rings. The molecule has 0 fully saturated rings. The molecule has 0 rings (SSSR count). The highest BCUT2D eigenvalue weighted by Crippen LogP contribution is 2.08. The summed E-state index contributed by atoms with van der Waals surface area (Å²) in [5.41, 5.74) is 0. The van der Waals surface area contributed by atoms with Gasteiger partial charge in [0, 0.05) is 25.7 Å². The van der Waals surface area contributed by atoms with Crippen molar-refractivity contribution in [2.75, 3.05) is 13.2 Å². The fraction of sp³-hybridized carbons (Fsp3) is 0.818. The van der Waals surface area contributed by atoms with Crippen LogP contribution >= 0.6 is 0 Å². The first-order valence-electron chi connectivity index (χ1n) is 11.2. The number of aliphatic carboxylic acids is 2. The highest BCUT2D eigenvalue weighted by atomic mass is 16.5. The number of esters is 2. The van der Waals surface area contributed by atoms with Crippen LogP contribution in [0.5, 0.6) is 0 Å². The van der Waals surface area contributed by atoms with Crippen molar-refractivity contribution in [1.82, 2.24) is 0 Å². The van der Waals surface area contributed by atoms with E-state index in [0.717, 1.165) is 64.2 Å². The molecule has 0 aromatic heterocycles. The van der Waals surface area contributed by atoms with Crippen LogP contribution < -0.4 is 0 Å². The van der Waals surface area contributed by atoms with Crippen molar-refractivity contribution in [2.45, 2.75) is 103 Å². The quantitative estimate of drug-likeness (QED) is 0.201. The Morgan fingerprint density at radius 1 is 0.433 bits per heavy atom. The third-order valence-electron chi connectivity index (χ3n) is 4.61. The molecule has 30 heavy (non-hydrogen) atoms. The Morgan fingerprint density at radius 2 is 0.733 bits per heavy atom. The smallest absolute Gasteiger partial charge is 0.305 e. The number of carboxylic acid groups (broad SMARTS) is 2. The Kier molecular flexibility index (Phi) is 18.7. The number of carbonyl (C=O) groups excluding carboxylic acids is 2. The van der Waals surface area contributed by atoms with Gasteiger partial charge < -0.3 is 19.7 Å². The fourth-order valence-electron chi connectivity index (χ4n) is 2.87. The average molecular weight is 431 g/mol. The van der Waals surface area contributed by atoms with E-state index in [9.17, 15) is 19.2 Å². The molecule has 0 bridgehead atoms. The SMILES string of the molecule is O=C(O)CCCCCCC(=O)OCCCCCCOC(=O)CCCCCCC(=O)O. The summed E-state index contributed by atoms with van der Waals surface area (Å²) in [4.78, 5) is 43.9. The Bertz CT molecular complexity index is 446. The van der Waals surface area contributed by atoms with E-state index in [-0.39, 0.29) is 24.8 Å². The van der Waals surface area contributed by atoms with Crippen LogP contribution in [0.25, 0.3) is 0 Å². The monoisotopic (exact) mass is 430 g/mol. The number of rotatable bonds is 21. The molecule has 0 aliphatic heterocycles. The molecule has 0 aliphatic carbocycles. The molecular formula is C22H38O8. The van der Waals surface area contributed by atoms with Gasteiger partial charge in [-0.3, -0.25) is 19.2 Å². The first-order valence-corrected chi connectivity index (χ1v) is 11.2.